The van der Waals surface area contributed by atoms with E-state index in [0.29, 0.717) is 11.5 Å². The molecule has 11 heavy (non-hydrogen) atoms. The van der Waals surface area contributed by atoms with Crippen molar-refractivity contribution in [1.82, 2.24) is 0 Å². The van der Waals surface area contributed by atoms with Crippen LogP contribution in [0.3, 0.4) is 0 Å². The molecule has 0 unspecified atom stereocenters. The van der Waals surface area contributed by atoms with E-state index in [0.717, 1.165) is 0 Å². The molecule has 0 aliphatic rings. The molecule has 0 saturated carbocycles. The first-order valence-electron chi connectivity index (χ1n) is 3.37. The SMILES string of the molecule is [CH2]c1oc(=O)oc1C(C)(C)C. The second kappa shape index (κ2) is 2.26. The topological polar surface area (TPSA) is 43.4 Å². The minimum absolute atomic E-state index is 0.219. The van der Waals surface area contributed by atoms with Gasteiger partial charge in [0.1, 0.15) is 0 Å². The Morgan fingerprint density at radius 3 is 2.00 bits per heavy atom. The molecule has 0 spiro atoms. The highest BCUT2D eigenvalue weighted by atomic mass is 16.6. The summed E-state index contributed by atoms with van der Waals surface area (Å²) in [6.07, 6.45) is 0. The van der Waals surface area contributed by atoms with Gasteiger partial charge in [-0.3, -0.25) is 0 Å². The summed E-state index contributed by atoms with van der Waals surface area (Å²) in [5, 5.41) is 0. The van der Waals surface area contributed by atoms with Crippen LogP contribution in [-0.4, -0.2) is 0 Å². The first-order chi connectivity index (χ1) is 4.91. The van der Waals surface area contributed by atoms with Crippen molar-refractivity contribution in [3.05, 3.63) is 29.1 Å². The Morgan fingerprint density at radius 1 is 1.27 bits per heavy atom. The zero-order chi connectivity index (χ0) is 8.65. The van der Waals surface area contributed by atoms with Crippen LogP contribution >= 0.6 is 0 Å². The number of hydrogen-bond acceptors (Lipinski definition) is 3. The average Bonchev–Trinajstić information content (AvgIpc) is 2.08. The quantitative estimate of drug-likeness (QED) is 0.572. The van der Waals surface area contributed by atoms with Gasteiger partial charge >= 0.3 is 5.82 Å². The zero-order valence-electron chi connectivity index (χ0n) is 6.93. The van der Waals surface area contributed by atoms with E-state index < -0.39 is 5.82 Å². The van der Waals surface area contributed by atoms with E-state index in [1.807, 2.05) is 20.8 Å². The molecule has 0 aliphatic carbocycles. The third kappa shape index (κ3) is 1.53. The summed E-state index contributed by atoms with van der Waals surface area (Å²) in [6, 6.07) is 0. The molecule has 0 saturated heterocycles. The molecular formula is C8H11O3. The molecule has 0 aromatic carbocycles. The van der Waals surface area contributed by atoms with Gasteiger partial charge in [0.05, 0.1) is 0 Å². The van der Waals surface area contributed by atoms with Crippen molar-refractivity contribution in [3.8, 4) is 0 Å². The minimum Gasteiger partial charge on any atom is -0.396 e. The molecule has 0 amide bonds. The second-order valence-corrected chi connectivity index (χ2v) is 3.46. The average molecular weight is 155 g/mol. The lowest BCUT2D eigenvalue weighted by molar-refractivity contribution is 0.345. The summed E-state index contributed by atoms with van der Waals surface area (Å²) in [5.74, 6) is 0.157. The van der Waals surface area contributed by atoms with Crippen molar-refractivity contribution in [1.29, 1.82) is 0 Å². The molecule has 1 rings (SSSR count). The normalized spacial score (nSPS) is 12.0. The van der Waals surface area contributed by atoms with Crippen molar-refractivity contribution in [3.63, 3.8) is 0 Å². The maximum absolute atomic E-state index is 10.6. The van der Waals surface area contributed by atoms with Crippen molar-refractivity contribution >= 4 is 0 Å². The monoisotopic (exact) mass is 155 g/mol. The predicted octanol–water partition coefficient (Wildman–Crippen LogP) is 1.71. The van der Waals surface area contributed by atoms with Crippen molar-refractivity contribution in [2.75, 3.05) is 0 Å². The standard InChI is InChI=1S/C8H11O3/c1-5-6(8(2,3)4)11-7(9)10-5/h1H2,2-4H3. The van der Waals surface area contributed by atoms with Gasteiger partial charge in [0.2, 0.25) is 0 Å². The van der Waals surface area contributed by atoms with Crippen LogP contribution < -0.4 is 5.82 Å². The third-order valence-electron chi connectivity index (χ3n) is 1.33. The summed E-state index contributed by atoms with van der Waals surface area (Å²) in [5.41, 5.74) is -0.219. The maximum Gasteiger partial charge on any atom is 0.519 e. The van der Waals surface area contributed by atoms with Gasteiger partial charge in [-0.05, 0) is 0 Å². The van der Waals surface area contributed by atoms with Gasteiger partial charge in [0.15, 0.2) is 11.5 Å². The molecule has 0 aliphatic heterocycles. The molecule has 1 aromatic heterocycles. The highest BCUT2D eigenvalue weighted by molar-refractivity contribution is 5.15. The van der Waals surface area contributed by atoms with E-state index >= 15 is 0 Å². The third-order valence-corrected chi connectivity index (χ3v) is 1.33. The van der Waals surface area contributed by atoms with E-state index in [9.17, 15) is 4.79 Å². The maximum atomic E-state index is 10.6. The lowest BCUT2D eigenvalue weighted by Crippen LogP contribution is -2.11. The summed E-state index contributed by atoms with van der Waals surface area (Å²) in [7, 11) is 0. The van der Waals surface area contributed by atoms with Crippen molar-refractivity contribution in [2.45, 2.75) is 26.2 Å². The van der Waals surface area contributed by atoms with Gasteiger partial charge < -0.3 is 8.83 Å². The minimum atomic E-state index is -0.681. The van der Waals surface area contributed by atoms with Gasteiger partial charge in [-0.15, -0.1) is 0 Å². The highest BCUT2D eigenvalue weighted by Crippen LogP contribution is 2.23. The van der Waals surface area contributed by atoms with Gasteiger partial charge in [-0.25, -0.2) is 4.79 Å². The van der Waals surface area contributed by atoms with Gasteiger partial charge in [0.25, 0.3) is 0 Å². The molecule has 1 radical (unpaired) electrons. The predicted molar refractivity (Wildman–Crippen MR) is 40.4 cm³/mol. The number of rotatable bonds is 0. The molecule has 3 nitrogen and oxygen atoms in total. The fourth-order valence-corrected chi connectivity index (χ4v) is 0.879. The highest BCUT2D eigenvalue weighted by Gasteiger charge is 2.22. The van der Waals surface area contributed by atoms with Crippen LogP contribution in [0.4, 0.5) is 0 Å². The van der Waals surface area contributed by atoms with Crippen molar-refractivity contribution < 1.29 is 8.83 Å². The Morgan fingerprint density at radius 2 is 1.82 bits per heavy atom. The fourth-order valence-electron chi connectivity index (χ4n) is 0.879. The Balaban J connectivity index is 3.24. The van der Waals surface area contributed by atoms with Crippen LogP contribution in [0.5, 0.6) is 0 Å². The molecule has 0 atom stereocenters. The van der Waals surface area contributed by atoms with Crippen LogP contribution in [0, 0.1) is 6.92 Å². The van der Waals surface area contributed by atoms with E-state index in [-0.39, 0.29) is 5.41 Å². The van der Waals surface area contributed by atoms with Crippen LogP contribution in [0.2, 0.25) is 0 Å². The summed E-state index contributed by atoms with van der Waals surface area (Å²) in [6.45, 7) is 9.33. The molecular weight excluding hydrogens is 144 g/mol. The van der Waals surface area contributed by atoms with Crippen LogP contribution in [0.1, 0.15) is 32.3 Å². The Hall–Kier alpha value is -0.990. The molecule has 1 aromatic rings. The van der Waals surface area contributed by atoms with E-state index in [1.54, 1.807) is 0 Å². The first kappa shape index (κ1) is 8.11. The van der Waals surface area contributed by atoms with E-state index in [1.165, 1.54) is 0 Å². The van der Waals surface area contributed by atoms with Crippen LogP contribution in [0.15, 0.2) is 13.6 Å². The molecule has 61 valence electrons. The Labute approximate surface area is 65.0 Å². The Kier molecular flexibility index (Phi) is 1.66. The Bertz CT molecular complexity index is 298. The molecule has 0 fully saturated rings. The van der Waals surface area contributed by atoms with Crippen molar-refractivity contribution in [2.24, 2.45) is 0 Å². The first-order valence-corrected chi connectivity index (χ1v) is 3.37. The second-order valence-electron chi connectivity index (χ2n) is 3.46. The largest absolute Gasteiger partial charge is 0.519 e. The van der Waals surface area contributed by atoms with Gasteiger partial charge in [0, 0.05) is 12.3 Å². The van der Waals surface area contributed by atoms with Crippen LogP contribution in [0.25, 0.3) is 0 Å². The van der Waals surface area contributed by atoms with Crippen LogP contribution in [-0.2, 0) is 5.41 Å². The summed E-state index contributed by atoms with van der Waals surface area (Å²) < 4.78 is 9.40. The summed E-state index contributed by atoms with van der Waals surface area (Å²) >= 11 is 0. The molecule has 1 heterocycles. The molecule has 0 N–H and O–H groups in total. The van der Waals surface area contributed by atoms with E-state index in [4.69, 9.17) is 4.42 Å². The van der Waals surface area contributed by atoms with E-state index in [2.05, 4.69) is 11.3 Å². The number of hydrogen-bond donors (Lipinski definition) is 0. The molecule has 0 bridgehead atoms. The summed E-state index contributed by atoms with van der Waals surface area (Å²) in [4.78, 5) is 10.6. The molecule has 3 heteroatoms. The lowest BCUT2D eigenvalue weighted by Gasteiger charge is -2.13. The smallest absolute Gasteiger partial charge is 0.396 e. The van der Waals surface area contributed by atoms with Gasteiger partial charge in [-0.2, -0.15) is 0 Å². The fraction of sp³-hybridized carbons (Fsp3) is 0.500. The lowest BCUT2D eigenvalue weighted by atomic mass is 9.92. The zero-order valence-corrected chi connectivity index (χ0v) is 6.93. The van der Waals surface area contributed by atoms with Gasteiger partial charge in [-0.1, -0.05) is 20.8 Å².